The number of nitrogens with zero attached hydrogens (tertiary/aromatic N) is 4. The molecular weight excluding hydrogens is 194 g/mol. The summed E-state index contributed by atoms with van der Waals surface area (Å²) in [7, 11) is 0. The van der Waals surface area contributed by atoms with Gasteiger partial charge in [-0.3, -0.25) is 9.48 Å². The van der Waals surface area contributed by atoms with Gasteiger partial charge in [0.15, 0.2) is 0 Å². The third kappa shape index (κ3) is 2.53. The van der Waals surface area contributed by atoms with Gasteiger partial charge in [0.1, 0.15) is 12.7 Å². The molecule has 2 rings (SSSR count). The zero-order valence-corrected chi connectivity index (χ0v) is 8.54. The van der Waals surface area contributed by atoms with E-state index in [1.54, 1.807) is 11.0 Å². The van der Waals surface area contributed by atoms with Crippen LogP contribution in [0.25, 0.3) is 0 Å². The SMILES string of the molecule is N[C@@H]1CCN(C(=O)CCn2cncn2)C1. The second-order valence-electron chi connectivity index (χ2n) is 3.80. The van der Waals surface area contributed by atoms with Crippen LogP contribution in [0.5, 0.6) is 0 Å². The molecule has 1 aromatic heterocycles. The van der Waals surface area contributed by atoms with Gasteiger partial charge in [0.2, 0.25) is 5.91 Å². The predicted octanol–water partition coefficient (Wildman–Crippen LogP) is -0.772. The Hall–Kier alpha value is -1.43. The van der Waals surface area contributed by atoms with E-state index in [2.05, 4.69) is 10.1 Å². The van der Waals surface area contributed by atoms with Crippen molar-refractivity contribution in [1.29, 1.82) is 0 Å². The third-order valence-electron chi connectivity index (χ3n) is 2.60. The van der Waals surface area contributed by atoms with Gasteiger partial charge in [0.25, 0.3) is 0 Å². The first-order chi connectivity index (χ1) is 7.25. The summed E-state index contributed by atoms with van der Waals surface area (Å²) in [6, 6.07) is 0.153. The number of likely N-dealkylation sites (tertiary alicyclic amines) is 1. The van der Waals surface area contributed by atoms with Gasteiger partial charge in [-0.25, -0.2) is 4.98 Å². The maximum atomic E-state index is 11.7. The number of nitrogens with two attached hydrogens (primary N) is 1. The molecule has 1 aliphatic heterocycles. The molecule has 6 heteroatoms. The van der Waals surface area contributed by atoms with E-state index < -0.39 is 0 Å². The van der Waals surface area contributed by atoms with E-state index in [1.165, 1.54) is 6.33 Å². The Morgan fingerprint density at radius 1 is 1.60 bits per heavy atom. The van der Waals surface area contributed by atoms with Gasteiger partial charge in [-0.2, -0.15) is 5.10 Å². The zero-order chi connectivity index (χ0) is 10.7. The van der Waals surface area contributed by atoms with Crippen molar-refractivity contribution < 1.29 is 4.79 Å². The van der Waals surface area contributed by atoms with E-state index in [9.17, 15) is 4.79 Å². The molecule has 0 spiro atoms. The van der Waals surface area contributed by atoms with Crippen molar-refractivity contribution in [1.82, 2.24) is 19.7 Å². The summed E-state index contributed by atoms with van der Waals surface area (Å²) in [5, 5.41) is 3.94. The molecule has 6 nitrogen and oxygen atoms in total. The predicted molar refractivity (Wildman–Crippen MR) is 53.8 cm³/mol. The highest BCUT2D eigenvalue weighted by atomic mass is 16.2. The van der Waals surface area contributed by atoms with Crippen molar-refractivity contribution in [3.63, 3.8) is 0 Å². The molecule has 0 bridgehead atoms. The minimum absolute atomic E-state index is 0.151. The summed E-state index contributed by atoms with van der Waals surface area (Å²) in [6.45, 7) is 2.07. The Balaban J connectivity index is 1.78. The molecule has 0 aromatic carbocycles. The highest BCUT2D eigenvalue weighted by Crippen LogP contribution is 2.08. The molecule has 1 atom stereocenters. The van der Waals surface area contributed by atoms with Crippen LogP contribution in [-0.4, -0.2) is 44.7 Å². The summed E-state index contributed by atoms with van der Waals surface area (Å²) in [4.78, 5) is 17.3. The van der Waals surface area contributed by atoms with Crippen LogP contribution in [0.15, 0.2) is 12.7 Å². The Morgan fingerprint density at radius 2 is 2.47 bits per heavy atom. The number of carbonyl (C=O) groups excluding carboxylic acids is 1. The fourth-order valence-corrected chi connectivity index (χ4v) is 1.73. The van der Waals surface area contributed by atoms with Crippen LogP contribution in [0, 0.1) is 0 Å². The van der Waals surface area contributed by atoms with E-state index in [1.807, 2.05) is 4.90 Å². The number of aryl methyl sites for hydroxylation is 1. The van der Waals surface area contributed by atoms with Crippen molar-refractivity contribution in [2.75, 3.05) is 13.1 Å². The molecule has 0 aliphatic carbocycles. The first-order valence-corrected chi connectivity index (χ1v) is 5.11. The third-order valence-corrected chi connectivity index (χ3v) is 2.60. The quantitative estimate of drug-likeness (QED) is 0.709. The minimum atomic E-state index is 0.151. The second-order valence-corrected chi connectivity index (χ2v) is 3.80. The average Bonchev–Trinajstić information content (AvgIpc) is 2.84. The number of amides is 1. The molecule has 1 saturated heterocycles. The van der Waals surface area contributed by atoms with Crippen LogP contribution in [-0.2, 0) is 11.3 Å². The number of aromatic nitrogens is 3. The Kier molecular flexibility index (Phi) is 2.96. The Morgan fingerprint density at radius 3 is 3.07 bits per heavy atom. The topological polar surface area (TPSA) is 77.0 Å². The summed E-state index contributed by atoms with van der Waals surface area (Å²) in [5.41, 5.74) is 5.73. The maximum absolute atomic E-state index is 11.7. The average molecular weight is 209 g/mol. The second kappa shape index (κ2) is 4.39. The molecule has 1 aromatic rings. The highest BCUT2D eigenvalue weighted by molar-refractivity contribution is 5.76. The standard InChI is InChI=1S/C9H15N5O/c10-8-1-3-13(5-8)9(15)2-4-14-7-11-6-12-14/h6-8H,1-5,10H2/t8-/m1/s1. The van der Waals surface area contributed by atoms with Gasteiger partial charge < -0.3 is 10.6 Å². The van der Waals surface area contributed by atoms with E-state index >= 15 is 0 Å². The summed E-state index contributed by atoms with van der Waals surface area (Å²) in [6.07, 6.45) is 4.46. The van der Waals surface area contributed by atoms with Gasteiger partial charge in [0, 0.05) is 25.6 Å². The highest BCUT2D eigenvalue weighted by Gasteiger charge is 2.22. The Bertz CT molecular complexity index is 323. The molecule has 1 aliphatic rings. The number of hydrogen-bond donors (Lipinski definition) is 1. The zero-order valence-electron chi connectivity index (χ0n) is 8.54. The van der Waals surface area contributed by atoms with Crippen LogP contribution in [0.2, 0.25) is 0 Å². The smallest absolute Gasteiger partial charge is 0.224 e. The molecule has 2 N–H and O–H groups in total. The molecule has 0 unspecified atom stereocenters. The lowest BCUT2D eigenvalue weighted by molar-refractivity contribution is -0.130. The fourth-order valence-electron chi connectivity index (χ4n) is 1.73. The fraction of sp³-hybridized carbons (Fsp3) is 0.667. The van der Waals surface area contributed by atoms with Gasteiger partial charge in [-0.15, -0.1) is 0 Å². The monoisotopic (exact) mass is 209 g/mol. The first kappa shape index (κ1) is 10.1. The molecule has 0 saturated carbocycles. The van der Waals surface area contributed by atoms with Gasteiger partial charge in [-0.05, 0) is 6.42 Å². The Labute approximate surface area is 88.1 Å². The number of rotatable bonds is 3. The van der Waals surface area contributed by atoms with Gasteiger partial charge >= 0.3 is 0 Å². The normalized spacial score (nSPS) is 20.9. The lowest BCUT2D eigenvalue weighted by atomic mass is 10.3. The van der Waals surface area contributed by atoms with Crippen molar-refractivity contribution >= 4 is 5.91 Å². The van der Waals surface area contributed by atoms with Crippen LogP contribution in [0.1, 0.15) is 12.8 Å². The van der Waals surface area contributed by atoms with Crippen molar-refractivity contribution in [2.45, 2.75) is 25.4 Å². The van der Waals surface area contributed by atoms with Gasteiger partial charge in [-0.1, -0.05) is 0 Å². The molecule has 82 valence electrons. The van der Waals surface area contributed by atoms with Crippen molar-refractivity contribution in [3.05, 3.63) is 12.7 Å². The summed E-state index contributed by atoms with van der Waals surface area (Å²) >= 11 is 0. The number of carbonyl (C=O) groups is 1. The molecule has 2 heterocycles. The van der Waals surface area contributed by atoms with E-state index in [-0.39, 0.29) is 11.9 Å². The van der Waals surface area contributed by atoms with Crippen LogP contribution < -0.4 is 5.73 Å². The first-order valence-electron chi connectivity index (χ1n) is 5.11. The van der Waals surface area contributed by atoms with Gasteiger partial charge in [0.05, 0.1) is 6.54 Å². The van der Waals surface area contributed by atoms with Crippen LogP contribution in [0.4, 0.5) is 0 Å². The van der Waals surface area contributed by atoms with Crippen molar-refractivity contribution in [3.8, 4) is 0 Å². The van der Waals surface area contributed by atoms with E-state index in [4.69, 9.17) is 5.73 Å². The molecule has 1 fully saturated rings. The minimum Gasteiger partial charge on any atom is -0.341 e. The molecule has 1 amide bonds. The van der Waals surface area contributed by atoms with E-state index in [0.717, 1.165) is 13.0 Å². The van der Waals surface area contributed by atoms with E-state index in [0.29, 0.717) is 19.5 Å². The lowest BCUT2D eigenvalue weighted by Gasteiger charge is -2.15. The molecule has 15 heavy (non-hydrogen) atoms. The number of hydrogen-bond acceptors (Lipinski definition) is 4. The maximum Gasteiger partial charge on any atom is 0.224 e. The largest absolute Gasteiger partial charge is 0.341 e. The summed E-state index contributed by atoms with van der Waals surface area (Å²) < 4.78 is 1.66. The summed E-state index contributed by atoms with van der Waals surface area (Å²) in [5.74, 6) is 0.151. The van der Waals surface area contributed by atoms with Crippen LogP contribution >= 0.6 is 0 Å². The van der Waals surface area contributed by atoms with Crippen LogP contribution in [0.3, 0.4) is 0 Å². The lowest BCUT2D eigenvalue weighted by Crippen LogP contribution is -2.32. The molecular formula is C9H15N5O. The van der Waals surface area contributed by atoms with Crippen molar-refractivity contribution in [2.24, 2.45) is 5.73 Å². The molecule has 0 radical (unpaired) electrons.